The molecule has 1 heterocycles. The van der Waals surface area contributed by atoms with E-state index in [2.05, 4.69) is 20.5 Å². The van der Waals surface area contributed by atoms with Crippen LogP contribution < -0.4 is 11.1 Å². The summed E-state index contributed by atoms with van der Waals surface area (Å²) in [5.74, 6) is -1.37. The highest BCUT2D eigenvalue weighted by atomic mass is 19.4. The second kappa shape index (κ2) is 7.94. The number of halogens is 4. The van der Waals surface area contributed by atoms with Crippen molar-refractivity contribution in [2.45, 2.75) is 20.0 Å². The highest BCUT2D eigenvalue weighted by Crippen LogP contribution is 2.41. The molecule has 0 spiro atoms. The van der Waals surface area contributed by atoms with Gasteiger partial charge >= 0.3 is 6.18 Å². The highest BCUT2D eigenvalue weighted by Gasteiger charge is 2.36. The molecule has 0 aliphatic rings. The Hall–Kier alpha value is -3.30. The van der Waals surface area contributed by atoms with E-state index in [1.807, 2.05) is 13.8 Å². The minimum atomic E-state index is -4.80. The molecule has 0 aliphatic carbocycles. The molecule has 1 aromatic heterocycles. The first-order valence-electron chi connectivity index (χ1n) is 7.89. The van der Waals surface area contributed by atoms with Gasteiger partial charge < -0.3 is 16.2 Å². The van der Waals surface area contributed by atoms with Gasteiger partial charge in [-0.25, -0.2) is 9.49 Å². The number of aromatic hydroxyl groups is 1. The smallest absolute Gasteiger partial charge is 0.417 e. The number of phenols is 1. The number of anilines is 3. The van der Waals surface area contributed by atoms with Crippen molar-refractivity contribution in [1.82, 2.24) is 15.2 Å². The van der Waals surface area contributed by atoms with Crippen molar-refractivity contribution >= 4 is 17.6 Å². The van der Waals surface area contributed by atoms with E-state index in [4.69, 9.17) is 5.73 Å². The summed E-state index contributed by atoms with van der Waals surface area (Å²) in [6.07, 6.45) is -4.80. The van der Waals surface area contributed by atoms with Gasteiger partial charge in [0.25, 0.3) is 0 Å². The molecule has 0 radical (unpaired) electrons. The van der Waals surface area contributed by atoms with Crippen LogP contribution in [-0.4, -0.2) is 20.3 Å². The first-order valence-corrected chi connectivity index (χ1v) is 7.89. The van der Waals surface area contributed by atoms with Crippen LogP contribution in [0.1, 0.15) is 19.4 Å². The van der Waals surface area contributed by atoms with E-state index in [0.717, 1.165) is 12.1 Å². The monoisotopic (exact) mass is 383 g/mol. The maximum absolute atomic E-state index is 14.5. The fraction of sp³-hybridized carbons (Fsp3) is 0.176. The van der Waals surface area contributed by atoms with Crippen LogP contribution in [0.3, 0.4) is 0 Å². The van der Waals surface area contributed by atoms with Crippen LogP contribution >= 0.6 is 0 Å². The molecule has 3 aromatic rings. The topological polar surface area (TPSA) is 99.8 Å². The van der Waals surface area contributed by atoms with Crippen molar-refractivity contribution < 1.29 is 22.7 Å². The number of benzene rings is 2. The summed E-state index contributed by atoms with van der Waals surface area (Å²) in [5.41, 5.74) is 3.33. The lowest BCUT2D eigenvalue weighted by molar-refractivity contribution is -0.137. The van der Waals surface area contributed by atoms with Gasteiger partial charge in [-0.1, -0.05) is 26.0 Å². The molecule has 6 nitrogen and oxygen atoms in total. The number of phenolic OH excluding ortho intramolecular Hbond substituents is 1. The minimum absolute atomic E-state index is 0.0173. The summed E-state index contributed by atoms with van der Waals surface area (Å²) in [6, 6.07) is 6.40. The number of nitrogens with zero attached hydrogens (tertiary/aromatic N) is 2. The number of nitrogens with one attached hydrogen (secondary N) is 2. The molecule has 0 amide bonds. The molecular formula is C17H17F4N5O. The van der Waals surface area contributed by atoms with Gasteiger partial charge in [0.2, 0.25) is 11.9 Å². The highest BCUT2D eigenvalue weighted by molar-refractivity contribution is 5.73. The molecule has 27 heavy (non-hydrogen) atoms. The number of hydrogen-bond donors (Lipinski definition) is 4. The Bertz CT molecular complexity index is 907. The number of aromatic nitrogens is 3. The van der Waals surface area contributed by atoms with Crippen molar-refractivity contribution in [3.63, 3.8) is 0 Å². The SMILES string of the molecule is CC.Nc1nc(Nc2cc(F)c(-c3ccc(O)cc3)c(C(F)(F)F)c2)n[nH]1. The molecule has 0 aliphatic heterocycles. The predicted molar refractivity (Wildman–Crippen MR) is 93.9 cm³/mol. The standard InChI is InChI=1S/C15H11F4N5O.C2H6/c16-11-6-8(21-14-22-13(20)23-24-14)5-10(15(17,18)19)12(11)7-1-3-9(25)4-2-7;1-2/h1-6,25H,(H4,20,21,22,23,24);1-2H3. The predicted octanol–water partition coefficient (Wildman–Crippen LogP) is 4.69. The van der Waals surface area contributed by atoms with E-state index in [-0.39, 0.29) is 28.9 Å². The number of nitrogen functional groups attached to an aromatic ring is 1. The number of rotatable bonds is 3. The molecule has 0 saturated carbocycles. The van der Waals surface area contributed by atoms with Gasteiger partial charge in [0.1, 0.15) is 11.6 Å². The largest absolute Gasteiger partial charge is 0.508 e. The summed E-state index contributed by atoms with van der Waals surface area (Å²) in [7, 11) is 0. The van der Waals surface area contributed by atoms with Crippen molar-refractivity contribution in [2.24, 2.45) is 0 Å². The summed E-state index contributed by atoms with van der Waals surface area (Å²) >= 11 is 0. The molecule has 2 aromatic carbocycles. The number of hydrogen-bond acceptors (Lipinski definition) is 5. The summed E-state index contributed by atoms with van der Waals surface area (Å²) in [4.78, 5) is 3.69. The third kappa shape index (κ3) is 4.66. The Morgan fingerprint density at radius 2 is 1.74 bits per heavy atom. The third-order valence-electron chi connectivity index (χ3n) is 3.31. The number of aromatic amines is 1. The number of alkyl halides is 3. The first-order chi connectivity index (χ1) is 12.7. The second-order valence-electron chi connectivity index (χ2n) is 5.09. The molecule has 0 atom stereocenters. The average Bonchev–Trinajstić information content (AvgIpc) is 3.01. The second-order valence-corrected chi connectivity index (χ2v) is 5.09. The van der Waals surface area contributed by atoms with Gasteiger partial charge in [-0.3, -0.25) is 0 Å². The summed E-state index contributed by atoms with van der Waals surface area (Å²) < 4.78 is 54.7. The van der Waals surface area contributed by atoms with Crippen LogP contribution in [0, 0.1) is 5.82 Å². The van der Waals surface area contributed by atoms with Gasteiger partial charge in [0.15, 0.2) is 0 Å². The first kappa shape index (κ1) is 20.0. The van der Waals surface area contributed by atoms with Gasteiger partial charge in [-0.15, -0.1) is 5.10 Å². The third-order valence-corrected chi connectivity index (χ3v) is 3.31. The Morgan fingerprint density at radius 1 is 1.11 bits per heavy atom. The maximum atomic E-state index is 14.5. The normalized spacial score (nSPS) is 10.9. The van der Waals surface area contributed by atoms with Gasteiger partial charge in [-0.05, 0) is 29.8 Å². The van der Waals surface area contributed by atoms with Crippen LogP contribution in [0.25, 0.3) is 11.1 Å². The number of nitrogens with two attached hydrogens (primary N) is 1. The fourth-order valence-corrected chi connectivity index (χ4v) is 2.28. The average molecular weight is 383 g/mol. The molecule has 144 valence electrons. The lowest BCUT2D eigenvalue weighted by Crippen LogP contribution is -2.10. The molecule has 10 heteroatoms. The van der Waals surface area contributed by atoms with Gasteiger partial charge in [-0.2, -0.15) is 18.2 Å². The minimum Gasteiger partial charge on any atom is -0.508 e. The van der Waals surface area contributed by atoms with Crippen LogP contribution in [0.5, 0.6) is 5.75 Å². The van der Waals surface area contributed by atoms with E-state index in [9.17, 15) is 22.7 Å². The van der Waals surface area contributed by atoms with Crippen LogP contribution in [0.2, 0.25) is 0 Å². The van der Waals surface area contributed by atoms with Gasteiger partial charge in [0.05, 0.1) is 5.56 Å². The van der Waals surface area contributed by atoms with Crippen molar-refractivity contribution in [2.75, 3.05) is 11.1 Å². The van der Waals surface area contributed by atoms with Gasteiger partial charge in [0, 0.05) is 11.3 Å². The molecule has 0 saturated heterocycles. The molecule has 3 rings (SSSR count). The van der Waals surface area contributed by atoms with Crippen LogP contribution in [0.15, 0.2) is 36.4 Å². The van der Waals surface area contributed by atoms with Crippen molar-refractivity contribution in [3.8, 4) is 16.9 Å². The lowest BCUT2D eigenvalue weighted by atomic mass is 9.97. The summed E-state index contributed by atoms with van der Waals surface area (Å²) in [5, 5.41) is 17.6. The van der Waals surface area contributed by atoms with Crippen LogP contribution in [0.4, 0.5) is 35.1 Å². The number of H-pyrrole nitrogens is 1. The van der Waals surface area contributed by atoms with Crippen LogP contribution in [-0.2, 0) is 6.18 Å². The Labute approximate surface area is 152 Å². The zero-order valence-electron chi connectivity index (χ0n) is 14.4. The lowest BCUT2D eigenvalue weighted by Gasteiger charge is -2.16. The molecule has 5 N–H and O–H groups in total. The zero-order valence-corrected chi connectivity index (χ0v) is 14.4. The molecule has 0 unspecified atom stereocenters. The fourth-order valence-electron chi connectivity index (χ4n) is 2.28. The Morgan fingerprint density at radius 3 is 2.26 bits per heavy atom. The van der Waals surface area contributed by atoms with E-state index in [1.165, 1.54) is 24.3 Å². The van der Waals surface area contributed by atoms with E-state index < -0.39 is 23.1 Å². The molecule has 0 fully saturated rings. The zero-order chi connectivity index (χ0) is 20.2. The maximum Gasteiger partial charge on any atom is 0.417 e. The Balaban J connectivity index is 0.00000126. The quantitative estimate of drug-likeness (QED) is 0.492. The molecule has 0 bridgehead atoms. The van der Waals surface area contributed by atoms with E-state index in [0.29, 0.717) is 0 Å². The van der Waals surface area contributed by atoms with Crippen molar-refractivity contribution in [3.05, 3.63) is 47.8 Å². The molecular weight excluding hydrogens is 366 g/mol. The summed E-state index contributed by atoms with van der Waals surface area (Å²) in [6.45, 7) is 4.00. The van der Waals surface area contributed by atoms with Crippen molar-refractivity contribution in [1.29, 1.82) is 0 Å². The van der Waals surface area contributed by atoms with E-state index >= 15 is 0 Å². The van der Waals surface area contributed by atoms with E-state index in [1.54, 1.807) is 0 Å². The Kier molecular flexibility index (Phi) is 5.88.